The molecule has 3 aromatic carbocycles. The van der Waals surface area contributed by atoms with E-state index in [1.807, 2.05) is 44.2 Å². The third-order valence-electron chi connectivity index (χ3n) is 5.61. The molecule has 1 aliphatic heterocycles. The number of anilines is 1. The van der Waals surface area contributed by atoms with E-state index in [1.54, 1.807) is 43.5 Å². The Morgan fingerprint density at radius 2 is 1.53 bits per heavy atom. The lowest BCUT2D eigenvalue weighted by molar-refractivity contribution is -0.122. The Kier molecular flexibility index (Phi) is 8.27. The first kappa shape index (κ1) is 26.3. The smallest absolute Gasteiger partial charge is 0.335 e. The summed E-state index contributed by atoms with van der Waals surface area (Å²) in [6.07, 6.45) is 1.42. The summed E-state index contributed by atoms with van der Waals surface area (Å²) < 4.78 is 22.6. The highest BCUT2D eigenvalue weighted by Gasteiger charge is 2.36. The Hall–Kier alpha value is -4.79. The number of amides is 4. The molecule has 3 aromatic rings. The number of aryl methyl sites for hydroxylation is 1. The molecule has 0 saturated carbocycles. The second-order valence-electron chi connectivity index (χ2n) is 8.28. The number of benzene rings is 3. The van der Waals surface area contributed by atoms with Gasteiger partial charge in [-0.2, -0.15) is 0 Å². The number of hydrogen-bond donors (Lipinski definition) is 1. The largest absolute Gasteiger partial charge is 0.493 e. The zero-order chi connectivity index (χ0) is 27.1. The Balaban J connectivity index is 1.50. The number of imide groups is 2. The highest BCUT2D eigenvalue weighted by Crippen LogP contribution is 2.31. The molecule has 0 bridgehead atoms. The summed E-state index contributed by atoms with van der Waals surface area (Å²) >= 11 is 0. The van der Waals surface area contributed by atoms with Crippen LogP contribution in [0.1, 0.15) is 18.1 Å². The van der Waals surface area contributed by atoms with Gasteiger partial charge in [-0.3, -0.25) is 14.9 Å². The summed E-state index contributed by atoms with van der Waals surface area (Å²) in [6, 6.07) is 18.5. The van der Waals surface area contributed by atoms with E-state index >= 15 is 0 Å². The molecule has 196 valence electrons. The second kappa shape index (κ2) is 12.0. The third kappa shape index (κ3) is 5.95. The molecule has 38 heavy (non-hydrogen) atoms. The summed E-state index contributed by atoms with van der Waals surface area (Å²) in [4.78, 5) is 39.1. The van der Waals surface area contributed by atoms with Crippen LogP contribution in [0.3, 0.4) is 0 Å². The predicted octanol–water partition coefficient (Wildman–Crippen LogP) is 4.53. The molecule has 0 radical (unpaired) electrons. The first-order valence-corrected chi connectivity index (χ1v) is 12.0. The standard InChI is InChI=1S/C29H28N2O7/c1-4-36-26-18-20(12-13-25(26)38-15-14-37-24-11-6-5-10-23(24)35-3)17-22-27(32)30-29(34)31(28(22)33)21-9-7-8-19(2)16-21/h5-13,16-18H,4,14-15H2,1-3H3,(H,30,32,34). The molecule has 0 atom stereocenters. The van der Waals surface area contributed by atoms with Gasteiger partial charge in [0.25, 0.3) is 11.8 Å². The number of para-hydroxylation sites is 2. The van der Waals surface area contributed by atoms with Gasteiger partial charge in [-0.25, -0.2) is 9.69 Å². The van der Waals surface area contributed by atoms with Crippen LogP contribution in [-0.4, -0.2) is 44.8 Å². The van der Waals surface area contributed by atoms with E-state index in [4.69, 9.17) is 18.9 Å². The van der Waals surface area contributed by atoms with Crippen molar-refractivity contribution in [2.24, 2.45) is 0 Å². The van der Waals surface area contributed by atoms with Crippen LogP contribution in [0.15, 0.2) is 72.3 Å². The van der Waals surface area contributed by atoms with Crippen molar-refractivity contribution in [3.8, 4) is 23.0 Å². The number of carbonyl (C=O) groups is 3. The van der Waals surface area contributed by atoms with Crippen LogP contribution in [0.25, 0.3) is 6.08 Å². The Morgan fingerprint density at radius 3 is 2.21 bits per heavy atom. The van der Waals surface area contributed by atoms with Crippen LogP contribution in [-0.2, 0) is 9.59 Å². The van der Waals surface area contributed by atoms with Gasteiger partial charge in [0.05, 0.1) is 19.4 Å². The average Bonchev–Trinajstić information content (AvgIpc) is 2.90. The van der Waals surface area contributed by atoms with E-state index in [9.17, 15) is 14.4 Å². The van der Waals surface area contributed by atoms with E-state index in [-0.39, 0.29) is 18.8 Å². The van der Waals surface area contributed by atoms with Gasteiger partial charge in [0.15, 0.2) is 23.0 Å². The zero-order valence-electron chi connectivity index (χ0n) is 21.4. The molecule has 1 N–H and O–H groups in total. The minimum Gasteiger partial charge on any atom is -0.493 e. The normalized spacial score (nSPS) is 14.3. The van der Waals surface area contributed by atoms with Gasteiger partial charge in [-0.15, -0.1) is 0 Å². The van der Waals surface area contributed by atoms with E-state index < -0.39 is 17.8 Å². The Bertz CT molecular complexity index is 1380. The number of urea groups is 1. The lowest BCUT2D eigenvalue weighted by Gasteiger charge is -2.26. The van der Waals surface area contributed by atoms with Crippen molar-refractivity contribution in [1.82, 2.24) is 5.32 Å². The van der Waals surface area contributed by atoms with Gasteiger partial charge in [-0.1, -0.05) is 30.3 Å². The number of nitrogens with one attached hydrogen (secondary N) is 1. The van der Waals surface area contributed by atoms with Crippen molar-refractivity contribution >= 4 is 29.6 Å². The predicted molar refractivity (Wildman–Crippen MR) is 142 cm³/mol. The number of ether oxygens (including phenoxy) is 4. The minimum absolute atomic E-state index is 0.174. The number of nitrogens with zero attached hydrogens (tertiary/aromatic N) is 1. The summed E-state index contributed by atoms with van der Waals surface area (Å²) in [6.45, 7) is 4.58. The maximum absolute atomic E-state index is 13.2. The number of carbonyl (C=O) groups excluding carboxylic acids is 3. The number of methoxy groups -OCH3 is 1. The lowest BCUT2D eigenvalue weighted by atomic mass is 10.1. The van der Waals surface area contributed by atoms with Gasteiger partial charge >= 0.3 is 6.03 Å². The van der Waals surface area contributed by atoms with Crippen molar-refractivity contribution < 1.29 is 33.3 Å². The fourth-order valence-electron chi connectivity index (χ4n) is 3.87. The third-order valence-corrected chi connectivity index (χ3v) is 5.61. The molecule has 0 aliphatic carbocycles. The van der Waals surface area contributed by atoms with Gasteiger partial charge in [-0.05, 0) is 67.4 Å². The minimum atomic E-state index is -0.795. The van der Waals surface area contributed by atoms with Crippen molar-refractivity contribution in [2.45, 2.75) is 13.8 Å². The first-order valence-electron chi connectivity index (χ1n) is 12.0. The second-order valence-corrected chi connectivity index (χ2v) is 8.28. The monoisotopic (exact) mass is 516 g/mol. The molecule has 4 amide bonds. The molecule has 0 unspecified atom stereocenters. The van der Waals surface area contributed by atoms with Crippen molar-refractivity contribution in [1.29, 1.82) is 0 Å². The number of hydrogen-bond acceptors (Lipinski definition) is 7. The van der Waals surface area contributed by atoms with Crippen molar-refractivity contribution in [2.75, 3.05) is 31.8 Å². The van der Waals surface area contributed by atoms with Crippen LogP contribution in [0.5, 0.6) is 23.0 Å². The molecule has 0 spiro atoms. The fraction of sp³-hybridized carbons (Fsp3) is 0.207. The molecular weight excluding hydrogens is 488 g/mol. The van der Waals surface area contributed by atoms with Crippen LogP contribution in [0, 0.1) is 6.92 Å². The van der Waals surface area contributed by atoms with E-state index in [0.717, 1.165) is 10.5 Å². The molecule has 1 saturated heterocycles. The highest BCUT2D eigenvalue weighted by atomic mass is 16.5. The molecule has 1 fully saturated rings. The molecule has 0 aromatic heterocycles. The molecular formula is C29H28N2O7. The van der Waals surface area contributed by atoms with Crippen LogP contribution >= 0.6 is 0 Å². The number of rotatable bonds is 10. The maximum atomic E-state index is 13.2. The summed E-state index contributed by atoms with van der Waals surface area (Å²) in [5, 5.41) is 2.24. The number of barbiturate groups is 1. The summed E-state index contributed by atoms with van der Waals surface area (Å²) in [5.74, 6) is 0.679. The highest BCUT2D eigenvalue weighted by molar-refractivity contribution is 6.39. The molecule has 9 heteroatoms. The molecule has 1 heterocycles. The first-order chi connectivity index (χ1) is 18.4. The lowest BCUT2D eigenvalue weighted by Crippen LogP contribution is -2.54. The van der Waals surface area contributed by atoms with Crippen LogP contribution in [0.2, 0.25) is 0 Å². The fourth-order valence-corrected chi connectivity index (χ4v) is 3.87. The Labute approximate surface area is 220 Å². The molecule has 1 aliphatic rings. The van der Waals surface area contributed by atoms with E-state index in [2.05, 4.69) is 5.32 Å². The van der Waals surface area contributed by atoms with Crippen molar-refractivity contribution in [3.63, 3.8) is 0 Å². The topological polar surface area (TPSA) is 103 Å². The maximum Gasteiger partial charge on any atom is 0.335 e. The summed E-state index contributed by atoms with van der Waals surface area (Å²) in [7, 11) is 1.58. The molecule has 9 nitrogen and oxygen atoms in total. The average molecular weight is 517 g/mol. The van der Waals surface area contributed by atoms with Gasteiger partial charge in [0.1, 0.15) is 18.8 Å². The van der Waals surface area contributed by atoms with Crippen LogP contribution in [0.4, 0.5) is 10.5 Å². The van der Waals surface area contributed by atoms with Crippen molar-refractivity contribution in [3.05, 3.63) is 83.4 Å². The van der Waals surface area contributed by atoms with Crippen LogP contribution < -0.4 is 29.2 Å². The van der Waals surface area contributed by atoms with Gasteiger partial charge in [0.2, 0.25) is 0 Å². The molecule has 4 rings (SSSR count). The van der Waals surface area contributed by atoms with E-state index in [0.29, 0.717) is 40.9 Å². The van der Waals surface area contributed by atoms with Gasteiger partial charge in [0, 0.05) is 0 Å². The quantitative estimate of drug-likeness (QED) is 0.240. The summed E-state index contributed by atoms with van der Waals surface area (Å²) in [5.41, 5.74) is 1.60. The Morgan fingerprint density at radius 1 is 0.816 bits per heavy atom. The SMILES string of the molecule is CCOc1cc(C=C2C(=O)NC(=O)N(c3cccc(C)c3)C2=O)ccc1OCCOc1ccccc1OC. The van der Waals surface area contributed by atoms with Gasteiger partial charge < -0.3 is 18.9 Å². The zero-order valence-corrected chi connectivity index (χ0v) is 21.4. The van der Waals surface area contributed by atoms with E-state index in [1.165, 1.54) is 6.08 Å².